The minimum Gasteiger partial charge on any atom is -0.397 e. The van der Waals surface area contributed by atoms with E-state index in [4.69, 9.17) is 16.0 Å². The van der Waals surface area contributed by atoms with Crippen LogP contribution in [-0.4, -0.2) is 19.5 Å². The third kappa shape index (κ3) is 3.50. The Morgan fingerprint density at radius 2 is 1.82 bits per heavy atom. The quantitative estimate of drug-likeness (QED) is 0.359. The fraction of sp³-hybridized carbons (Fsp3) is 0.400. The molecule has 0 aromatic heterocycles. The van der Waals surface area contributed by atoms with E-state index < -0.39 is 10.1 Å². The van der Waals surface area contributed by atoms with E-state index in [1.165, 1.54) is 12.1 Å². The lowest BCUT2D eigenvalue weighted by atomic mass is 10.2. The van der Waals surface area contributed by atoms with Gasteiger partial charge in [0.2, 0.25) is 0 Å². The minimum atomic E-state index is -4.28. The van der Waals surface area contributed by atoms with Crippen LogP contribution in [-0.2, 0) is 10.1 Å². The fourth-order valence-electron chi connectivity index (χ4n) is 1.40. The van der Waals surface area contributed by atoms with Gasteiger partial charge in [-0.2, -0.15) is 8.42 Å². The maximum atomic E-state index is 10.9. The molecule has 0 radical (unpaired) electrons. The number of benzene rings is 1. The van der Waals surface area contributed by atoms with Crippen LogP contribution in [0.4, 0.5) is 17.1 Å². The zero-order chi connectivity index (χ0) is 13.1. The van der Waals surface area contributed by atoms with Crippen molar-refractivity contribution in [1.82, 2.24) is 0 Å². The van der Waals surface area contributed by atoms with Crippen LogP contribution in [0.1, 0.15) is 19.8 Å². The van der Waals surface area contributed by atoms with E-state index in [2.05, 4.69) is 12.2 Å². The van der Waals surface area contributed by atoms with Crippen molar-refractivity contribution in [2.45, 2.75) is 24.7 Å². The number of rotatable bonds is 5. The molecule has 6 nitrogen and oxygen atoms in total. The zero-order valence-electron chi connectivity index (χ0n) is 9.60. The second-order valence-corrected chi connectivity index (χ2v) is 5.15. The first-order valence-corrected chi connectivity index (χ1v) is 6.70. The van der Waals surface area contributed by atoms with E-state index in [9.17, 15) is 8.42 Å². The lowest BCUT2D eigenvalue weighted by Gasteiger charge is -2.12. The van der Waals surface area contributed by atoms with Crippen molar-refractivity contribution in [2.24, 2.45) is 0 Å². The molecular weight excluding hydrogens is 242 g/mol. The first-order chi connectivity index (χ1) is 7.86. The first kappa shape index (κ1) is 13.6. The highest BCUT2D eigenvalue weighted by atomic mass is 32.2. The van der Waals surface area contributed by atoms with Crippen molar-refractivity contribution in [1.29, 1.82) is 0 Å². The van der Waals surface area contributed by atoms with E-state index in [1.807, 2.05) is 0 Å². The topological polar surface area (TPSA) is 118 Å². The molecule has 96 valence electrons. The summed E-state index contributed by atoms with van der Waals surface area (Å²) in [5.74, 6) is 0. The molecule has 1 aromatic carbocycles. The van der Waals surface area contributed by atoms with Gasteiger partial charge >= 0.3 is 0 Å². The molecule has 0 aliphatic rings. The molecular formula is C10H17N3O3S. The van der Waals surface area contributed by atoms with E-state index in [0.29, 0.717) is 12.2 Å². The highest BCUT2D eigenvalue weighted by molar-refractivity contribution is 7.85. The van der Waals surface area contributed by atoms with Gasteiger partial charge in [0.15, 0.2) is 0 Å². The third-order valence-electron chi connectivity index (χ3n) is 2.30. The van der Waals surface area contributed by atoms with E-state index >= 15 is 0 Å². The van der Waals surface area contributed by atoms with Crippen molar-refractivity contribution in [3.8, 4) is 0 Å². The van der Waals surface area contributed by atoms with E-state index in [1.54, 1.807) is 0 Å². The number of anilines is 3. The van der Waals surface area contributed by atoms with Crippen LogP contribution in [0.3, 0.4) is 0 Å². The maximum absolute atomic E-state index is 10.9. The average Bonchev–Trinajstić information content (AvgIpc) is 2.20. The average molecular weight is 259 g/mol. The minimum absolute atomic E-state index is 0.203. The highest BCUT2D eigenvalue weighted by Crippen LogP contribution is 2.29. The predicted octanol–water partition coefficient (Wildman–Crippen LogP) is 1.31. The molecule has 0 aliphatic carbocycles. The lowest BCUT2D eigenvalue weighted by Crippen LogP contribution is -2.09. The molecule has 0 atom stereocenters. The number of nitrogens with one attached hydrogen (secondary N) is 1. The molecule has 17 heavy (non-hydrogen) atoms. The summed E-state index contributed by atoms with van der Waals surface area (Å²) in [6.07, 6.45) is 1.98. The number of hydrogen-bond acceptors (Lipinski definition) is 5. The molecule has 1 rings (SSSR count). The number of hydrogen-bond donors (Lipinski definition) is 4. The Kier molecular flexibility index (Phi) is 4.19. The highest BCUT2D eigenvalue weighted by Gasteiger charge is 2.14. The maximum Gasteiger partial charge on any atom is 0.294 e. The lowest BCUT2D eigenvalue weighted by molar-refractivity contribution is 0.483. The molecule has 0 unspecified atom stereocenters. The van der Waals surface area contributed by atoms with Crippen LogP contribution in [0.2, 0.25) is 0 Å². The second-order valence-electron chi connectivity index (χ2n) is 3.73. The molecule has 6 N–H and O–H groups in total. The smallest absolute Gasteiger partial charge is 0.294 e. The Hall–Kier alpha value is -1.47. The van der Waals surface area contributed by atoms with Crippen molar-refractivity contribution < 1.29 is 13.0 Å². The van der Waals surface area contributed by atoms with Gasteiger partial charge in [0, 0.05) is 6.54 Å². The summed E-state index contributed by atoms with van der Waals surface area (Å²) in [6.45, 7) is 2.76. The Bertz CT molecular complexity index is 477. The van der Waals surface area contributed by atoms with Gasteiger partial charge in [0.05, 0.1) is 22.0 Å². The van der Waals surface area contributed by atoms with Crippen molar-refractivity contribution in [3.05, 3.63) is 12.1 Å². The molecule has 0 fully saturated rings. The summed E-state index contributed by atoms with van der Waals surface area (Å²) < 4.78 is 30.7. The van der Waals surface area contributed by atoms with Crippen LogP contribution >= 0.6 is 0 Å². The summed E-state index contributed by atoms with van der Waals surface area (Å²) in [5.41, 5.74) is 12.3. The van der Waals surface area contributed by atoms with Crippen LogP contribution in [0.25, 0.3) is 0 Å². The summed E-state index contributed by atoms with van der Waals surface area (Å²) in [5, 5.41) is 3.03. The molecule has 0 saturated carbocycles. The van der Waals surface area contributed by atoms with Gasteiger partial charge in [-0.25, -0.2) is 0 Å². The molecule has 0 saturated heterocycles. The standard InChI is InChI=1S/C10H17N3O3S/c1-2-3-4-13-10-8(11)5-7(6-9(10)12)17(14,15)16/h5-6,13H,2-4,11-12H2,1H3,(H,14,15,16). The third-order valence-corrected chi connectivity index (χ3v) is 3.13. The predicted molar refractivity (Wildman–Crippen MR) is 68.5 cm³/mol. The monoisotopic (exact) mass is 259 g/mol. The van der Waals surface area contributed by atoms with Gasteiger partial charge < -0.3 is 16.8 Å². The van der Waals surface area contributed by atoms with Crippen LogP contribution < -0.4 is 16.8 Å². The Labute approximate surface area is 101 Å². The molecule has 7 heteroatoms. The van der Waals surface area contributed by atoms with Gasteiger partial charge in [-0.3, -0.25) is 4.55 Å². The van der Waals surface area contributed by atoms with Gasteiger partial charge in [-0.1, -0.05) is 13.3 Å². The molecule has 0 amide bonds. The molecule has 1 aromatic rings. The molecule has 0 aliphatic heterocycles. The summed E-state index contributed by atoms with van der Waals surface area (Å²) in [6, 6.07) is 2.36. The van der Waals surface area contributed by atoms with E-state index in [0.717, 1.165) is 12.8 Å². The Morgan fingerprint density at radius 1 is 1.29 bits per heavy atom. The van der Waals surface area contributed by atoms with Crippen molar-refractivity contribution >= 4 is 27.2 Å². The van der Waals surface area contributed by atoms with Gasteiger partial charge in [-0.05, 0) is 18.6 Å². The summed E-state index contributed by atoms with van der Waals surface area (Å²) in [4.78, 5) is -0.298. The Balaban J connectivity index is 3.03. The van der Waals surface area contributed by atoms with Gasteiger partial charge in [0.1, 0.15) is 0 Å². The molecule has 0 spiro atoms. The normalized spacial score (nSPS) is 11.4. The van der Waals surface area contributed by atoms with Crippen LogP contribution in [0.5, 0.6) is 0 Å². The second kappa shape index (κ2) is 5.24. The van der Waals surface area contributed by atoms with Crippen molar-refractivity contribution in [3.63, 3.8) is 0 Å². The SMILES string of the molecule is CCCCNc1c(N)cc(S(=O)(=O)O)cc1N. The molecule has 0 bridgehead atoms. The molecule has 0 heterocycles. The summed E-state index contributed by atoms with van der Waals surface area (Å²) >= 11 is 0. The number of nitrogen functional groups attached to an aromatic ring is 2. The number of unbranched alkanes of at least 4 members (excludes halogenated alkanes) is 1. The van der Waals surface area contributed by atoms with Gasteiger partial charge in [0.25, 0.3) is 10.1 Å². The van der Waals surface area contributed by atoms with Crippen LogP contribution in [0.15, 0.2) is 17.0 Å². The van der Waals surface area contributed by atoms with Gasteiger partial charge in [-0.15, -0.1) is 0 Å². The summed E-state index contributed by atoms with van der Waals surface area (Å²) in [7, 11) is -4.28. The van der Waals surface area contributed by atoms with E-state index in [-0.39, 0.29) is 16.3 Å². The zero-order valence-corrected chi connectivity index (χ0v) is 10.4. The van der Waals surface area contributed by atoms with Crippen LogP contribution in [0, 0.1) is 0 Å². The fourth-order valence-corrected chi connectivity index (χ4v) is 1.95. The first-order valence-electron chi connectivity index (χ1n) is 5.26. The number of nitrogens with two attached hydrogens (primary N) is 2. The Morgan fingerprint density at radius 3 is 2.24 bits per heavy atom. The largest absolute Gasteiger partial charge is 0.397 e. The van der Waals surface area contributed by atoms with Crippen molar-refractivity contribution in [2.75, 3.05) is 23.3 Å².